The molecule has 0 fully saturated rings. The molecule has 0 aromatic carbocycles. The van der Waals surface area contributed by atoms with Gasteiger partial charge in [0.25, 0.3) is 6.43 Å². The number of hydrogen-bond donors (Lipinski definition) is 2. The van der Waals surface area contributed by atoms with Crippen molar-refractivity contribution in [1.29, 1.82) is 5.26 Å². The molecule has 74 valence electrons. The molecule has 0 aliphatic rings. The average Bonchev–Trinajstić information content (AvgIpc) is 2.13. The van der Waals surface area contributed by atoms with Crippen molar-refractivity contribution in [3.8, 4) is 11.8 Å². The first-order valence-corrected chi connectivity index (χ1v) is 3.69. The molecule has 1 aromatic rings. The van der Waals surface area contributed by atoms with Crippen LogP contribution in [0.15, 0.2) is 6.20 Å². The Labute approximate surface area is 78.6 Å². The quantitative estimate of drug-likeness (QED) is 0.753. The Hall–Kier alpha value is -1.90. The fourth-order valence-electron chi connectivity index (χ4n) is 1.02. The highest BCUT2D eigenvalue weighted by Crippen LogP contribution is 2.31. The molecule has 1 heterocycles. The molecule has 1 aromatic heterocycles. The van der Waals surface area contributed by atoms with Gasteiger partial charge < -0.3 is 10.8 Å². The Balaban J connectivity index is 3.31. The van der Waals surface area contributed by atoms with Crippen LogP contribution in [0.3, 0.4) is 0 Å². The van der Waals surface area contributed by atoms with Crippen LogP contribution < -0.4 is 5.73 Å². The van der Waals surface area contributed by atoms with Crippen LogP contribution in [0, 0.1) is 11.3 Å². The number of anilines is 1. The zero-order valence-corrected chi connectivity index (χ0v) is 7.04. The lowest BCUT2D eigenvalue weighted by atomic mass is 10.1. The number of halogens is 2. The molecule has 0 amide bonds. The molecule has 0 aliphatic heterocycles. The lowest BCUT2D eigenvalue weighted by Gasteiger charge is -2.08. The zero-order valence-electron chi connectivity index (χ0n) is 7.04. The van der Waals surface area contributed by atoms with E-state index in [1.165, 1.54) is 0 Å². The Morgan fingerprint density at radius 1 is 1.64 bits per heavy atom. The van der Waals surface area contributed by atoms with Crippen molar-refractivity contribution in [2.45, 2.75) is 12.8 Å². The van der Waals surface area contributed by atoms with E-state index in [9.17, 15) is 13.9 Å². The van der Waals surface area contributed by atoms with Crippen molar-refractivity contribution in [3.63, 3.8) is 0 Å². The van der Waals surface area contributed by atoms with E-state index in [1.807, 2.05) is 0 Å². The second-order valence-electron chi connectivity index (χ2n) is 2.56. The monoisotopic (exact) mass is 199 g/mol. The van der Waals surface area contributed by atoms with Crippen molar-refractivity contribution in [2.24, 2.45) is 0 Å². The molecule has 0 aliphatic carbocycles. The fraction of sp³-hybridized carbons (Fsp3) is 0.250. The second-order valence-corrected chi connectivity index (χ2v) is 2.56. The minimum Gasteiger partial charge on any atom is -0.504 e. The van der Waals surface area contributed by atoms with Crippen LogP contribution in [0.25, 0.3) is 0 Å². The predicted octanol–water partition coefficient (Wildman–Crippen LogP) is 1.37. The molecule has 0 saturated carbocycles. The molecule has 0 radical (unpaired) electrons. The smallest absolute Gasteiger partial charge is 0.265 e. The van der Waals surface area contributed by atoms with Crippen molar-refractivity contribution in [3.05, 3.63) is 17.3 Å². The van der Waals surface area contributed by atoms with Gasteiger partial charge in [0.2, 0.25) is 0 Å². The van der Waals surface area contributed by atoms with Crippen LogP contribution in [-0.2, 0) is 6.42 Å². The summed E-state index contributed by atoms with van der Waals surface area (Å²) in [5.74, 6) is -0.788. The van der Waals surface area contributed by atoms with Gasteiger partial charge in [-0.1, -0.05) is 0 Å². The van der Waals surface area contributed by atoms with Gasteiger partial charge in [0.15, 0.2) is 11.6 Å². The standard InChI is InChI=1S/C8H7F2N3O/c9-7(10)5-3-13-8(12)6(14)4(5)1-2-11/h3,7,14H,1H2,(H2,12,13). The first-order valence-electron chi connectivity index (χ1n) is 3.69. The van der Waals surface area contributed by atoms with Gasteiger partial charge in [-0.3, -0.25) is 0 Å². The van der Waals surface area contributed by atoms with Gasteiger partial charge in [0.05, 0.1) is 12.5 Å². The van der Waals surface area contributed by atoms with Crippen LogP contribution in [0.4, 0.5) is 14.6 Å². The van der Waals surface area contributed by atoms with Crippen LogP contribution in [0.1, 0.15) is 17.6 Å². The maximum absolute atomic E-state index is 12.4. The molecule has 0 atom stereocenters. The summed E-state index contributed by atoms with van der Waals surface area (Å²) in [4.78, 5) is 3.38. The molecular formula is C8H7F2N3O. The van der Waals surface area contributed by atoms with Gasteiger partial charge in [-0.25, -0.2) is 13.8 Å². The highest BCUT2D eigenvalue weighted by atomic mass is 19.3. The highest BCUT2D eigenvalue weighted by molar-refractivity contribution is 5.53. The SMILES string of the molecule is N#CCc1c(C(F)F)cnc(N)c1O. The maximum atomic E-state index is 12.4. The van der Waals surface area contributed by atoms with E-state index in [1.54, 1.807) is 6.07 Å². The van der Waals surface area contributed by atoms with E-state index in [0.29, 0.717) is 0 Å². The third-order valence-corrected chi connectivity index (χ3v) is 1.71. The topological polar surface area (TPSA) is 82.9 Å². The summed E-state index contributed by atoms with van der Waals surface area (Å²) in [5.41, 5.74) is 4.59. The number of pyridine rings is 1. The molecule has 0 spiro atoms. The molecule has 6 heteroatoms. The van der Waals surface area contributed by atoms with Crippen LogP contribution in [0.2, 0.25) is 0 Å². The minimum absolute atomic E-state index is 0.157. The first-order chi connectivity index (χ1) is 6.57. The third kappa shape index (κ3) is 1.71. The number of alkyl halides is 2. The fourth-order valence-corrected chi connectivity index (χ4v) is 1.02. The molecule has 0 saturated heterocycles. The second kappa shape index (κ2) is 3.87. The van der Waals surface area contributed by atoms with Gasteiger partial charge in [-0.15, -0.1) is 0 Å². The lowest BCUT2D eigenvalue weighted by molar-refractivity contribution is 0.149. The van der Waals surface area contributed by atoms with E-state index < -0.39 is 17.7 Å². The minimum atomic E-state index is -2.78. The third-order valence-electron chi connectivity index (χ3n) is 1.71. The number of nitrogens with two attached hydrogens (primary N) is 1. The summed E-state index contributed by atoms with van der Waals surface area (Å²) in [6.45, 7) is 0. The highest BCUT2D eigenvalue weighted by Gasteiger charge is 2.18. The van der Waals surface area contributed by atoms with Crippen molar-refractivity contribution >= 4 is 5.82 Å². The van der Waals surface area contributed by atoms with Crippen LogP contribution in [-0.4, -0.2) is 10.1 Å². The summed E-state index contributed by atoms with van der Waals surface area (Å²) in [6, 6.07) is 1.67. The van der Waals surface area contributed by atoms with Crippen molar-refractivity contribution < 1.29 is 13.9 Å². The first kappa shape index (κ1) is 10.2. The van der Waals surface area contributed by atoms with Crippen molar-refractivity contribution in [1.82, 2.24) is 4.98 Å². The molecule has 0 bridgehead atoms. The van der Waals surface area contributed by atoms with Gasteiger partial charge in [-0.2, -0.15) is 5.26 Å². The van der Waals surface area contributed by atoms with E-state index in [2.05, 4.69) is 4.98 Å². The van der Waals surface area contributed by atoms with Crippen LogP contribution >= 0.6 is 0 Å². The number of nitriles is 1. The van der Waals surface area contributed by atoms with Gasteiger partial charge in [0, 0.05) is 17.3 Å². The summed E-state index contributed by atoms with van der Waals surface area (Å²) in [6.07, 6.45) is -2.23. The largest absolute Gasteiger partial charge is 0.504 e. The van der Waals surface area contributed by atoms with E-state index in [4.69, 9.17) is 11.0 Å². The molecule has 0 unspecified atom stereocenters. The van der Waals surface area contributed by atoms with E-state index >= 15 is 0 Å². The predicted molar refractivity (Wildman–Crippen MR) is 44.6 cm³/mol. The Morgan fingerprint density at radius 3 is 2.79 bits per heavy atom. The van der Waals surface area contributed by atoms with Gasteiger partial charge >= 0.3 is 0 Å². The van der Waals surface area contributed by atoms with Gasteiger partial charge in [0.1, 0.15) is 0 Å². The summed E-state index contributed by atoms with van der Waals surface area (Å²) in [5, 5.41) is 17.7. The number of nitrogens with zero attached hydrogens (tertiary/aromatic N) is 2. The van der Waals surface area contributed by atoms with E-state index in [0.717, 1.165) is 6.20 Å². The summed E-state index contributed by atoms with van der Waals surface area (Å²) in [7, 11) is 0. The summed E-state index contributed by atoms with van der Waals surface area (Å²) < 4.78 is 24.7. The number of aromatic nitrogens is 1. The lowest BCUT2D eigenvalue weighted by Crippen LogP contribution is -2.00. The van der Waals surface area contributed by atoms with E-state index in [-0.39, 0.29) is 17.8 Å². The molecular weight excluding hydrogens is 192 g/mol. The molecule has 1 rings (SSSR count). The number of rotatable bonds is 2. The van der Waals surface area contributed by atoms with Gasteiger partial charge in [-0.05, 0) is 0 Å². The summed E-state index contributed by atoms with van der Waals surface area (Å²) >= 11 is 0. The average molecular weight is 199 g/mol. The Kier molecular flexibility index (Phi) is 2.82. The normalized spacial score (nSPS) is 10.1. The number of hydrogen-bond acceptors (Lipinski definition) is 4. The van der Waals surface area contributed by atoms with Crippen LogP contribution in [0.5, 0.6) is 5.75 Å². The molecule has 3 N–H and O–H groups in total. The molecule has 4 nitrogen and oxygen atoms in total. The Morgan fingerprint density at radius 2 is 2.29 bits per heavy atom. The van der Waals surface area contributed by atoms with Crippen molar-refractivity contribution in [2.75, 3.05) is 5.73 Å². The maximum Gasteiger partial charge on any atom is 0.265 e. The zero-order chi connectivity index (χ0) is 10.7. The number of nitrogen functional groups attached to an aromatic ring is 1. The molecule has 14 heavy (non-hydrogen) atoms. The number of aromatic hydroxyl groups is 1. The Bertz CT molecular complexity index is 387.